The third kappa shape index (κ3) is 4.61. The molecule has 1 fully saturated rings. The number of hydrogen-bond donors (Lipinski definition) is 1. The summed E-state index contributed by atoms with van der Waals surface area (Å²) in [7, 11) is 0. The van der Waals surface area contributed by atoms with E-state index in [1.54, 1.807) is 34.1 Å². The van der Waals surface area contributed by atoms with Crippen molar-refractivity contribution in [3.05, 3.63) is 95.1 Å². The SMILES string of the molecule is Cc1ccc(CN2CCCN(c3cccc(NC(=O)c4c(F)cccc4F)c3)C2=O)cc1. The van der Waals surface area contributed by atoms with Gasteiger partial charge >= 0.3 is 6.03 Å². The summed E-state index contributed by atoms with van der Waals surface area (Å²) in [5.41, 5.74) is 2.53. The maximum atomic E-state index is 13.9. The Labute approximate surface area is 185 Å². The average Bonchev–Trinajstić information content (AvgIpc) is 2.77. The standard InChI is InChI=1S/C25H23F2N3O2/c1-17-9-11-18(12-10-17)16-29-13-4-14-30(25(29)32)20-6-2-5-19(15-20)28-24(31)23-21(26)7-3-8-22(23)27/h2-3,5-12,15H,4,13-14,16H2,1H3,(H,28,31). The van der Waals surface area contributed by atoms with Crippen LogP contribution in [0.1, 0.15) is 27.9 Å². The van der Waals surface area contributed by atoms with Gasteiger partial charge in [0, 0.05) is 31.0 Å². The number of carbonyl (C=O) groups excluding carboxylic acids is 2. The van der Waals surface area contributed by atoms with Gasteiger partial charge in [0.2, 0.25) is 0 Å². The Kier molecular flexibility index (Phi) is 6.16. The lowest BCUT2D eigenvalue weighted by Gasteiger charge is -2.36. The van der Waals surface area contributed by atoms with Gasteiger partial charge in [-0.15, -0.1) is 0 Å². The molecule has 1 aliphatic heterocycles. The van der Waals surface area contributed by atoms with Crippen LogP contribution in [-0.2, 0) is 6.54 Å². The Hall–Kier alpha value is -3.74. The highest BCUT2D eigenvalue weighted by Crippen LogP contribution is 2.25. The molecule has 3 aromatic carbocycles. The van der Waals surface area contributed by atoms with E-state index in [1.165, 1.54) is 6.07 Å². The lowest BCUT2D eigenvalue weighted by Crippen LogP contribution is -2.49. The number of amides is 3. The summed E-state index contributed by atoms with van der Waals surface area (Å²) in [6.07, 6.45) is 0.800. The van der Waals surface area contributed by atoms with Crippen molar-refractivity contribution >= 4 is 23.3 Å². The van der Waals surface area contributed by atoms with E-state index in [0.29, 0.717) is 31.0 Å². The van der Waals surface area contributed by atoms with Crippen LogP contribution < -0.4 is 10.2 Å². The molecule has 4 rings (SSSR count). The van der Waals surface area contributed by atoms with Crippen LogP contribution in [0.2, 0.25) is 0 Å². The summed E-state index contributed by atoms with van der Waals surface area (Å²) in [6.45, 7) is 3.73. The molecule has 0 saturated carbocycles. The van der Waals surface area contributed by atoms with E-state index in [0.717, 1.165) is 29.7 Å². The third-order valence-corrected chi connectivity index (χ3v) is 5.41. The molecule has 0 atom stereocenters. The first-order valence-corrected chi connectivity index (χ1v) is 10.4. The molecule has 164 valence electrons. The molecule has 1 heterocycles. The molecule has 0 radical (unpaired) electrons. The zero-order valence-electron chi connectivity index (χ0n) is 17.6. The van der Waals surface area contributed by atoms with Gasteiger partial charge < -0.3 is 10.2 Å². The fourth-order valence-corrected chi connectivity index (χ4v) is 3.74. The molecule has 1 N–H and O–H groups in total. The topological polar surface area (TPSA) is 52.6 Å². The molecule has 0 bridgehead atoms. The minimum atomic E-state index is -0.934. The van der Waals surface area contributed by atoms with E-state index in [2.05, 4.69) is 5.32 Å². The van der Waals surface area contributed by atoms with Crippen molar-refractivity contribution in [3.63, 3.8) is 0 Å². The number of nitrogens with one attached hydrogen (secondary N) is 1. The number of urea groups is 1. The van der Waals surface area contributed by atoms with Gasteiger partial charge in [0.05, 0.1) is 0 Å². The normalized spacial score (nSPS) is 13.9. The van der Waals surface area contributed by atoms with Crippen LogP contribution in [0.4, 0.5) is 25.0 Å². The van der Waals surface area contributed by atoms with E-state index in [4.69, 9.17) is 0 Å². The molecule has 0 aliphatic carbocycles. The van der Waals surface area contributed by atoms with Crippen LogP contribution >= 0.6 is 0 Å². The van der Waals surface area contributed by atoms with Gasteiger partial charge in [-0.3, -0.25) is 9.69 Å². The highest BCUT2D eigenvalue weighted by atomic mass is 19.1. The molecular formula is C25H23F2N3O2. The van der Waals surface area contributed by atoms with Gasteiger partial charge in [0.25, 0.3) is 5.91 Å². The first-order valence-electron chi connectivity index (χ1n) is 10.4. The molecule has 1 aliphatic rings. The van der Waals surface area contributed by atoms with E-state index in [-0.39, 0.29) is 6.03 Å². The van der Waals surface area contributed by atoms with E-state index in [9.17, 15) is 18.4 Å². The fourth-order valence-electron chi connectivity index (χ4n) is 3.74. The van der Waals surface area contributed by atoms with E-state index < -0.39 is 23.1 Å². The lowest BCUT2D eigenvalue weighted by atomic mass is 10.1. The molecule has 0 spiro atoms. The van der Waals surface area contributed by atoms with Crippen LogP contribution in [0.5, 0.6) is 0 Å². The quantitative estimate of drug-likeness (QED) is 0.587. The van der Waals surface area contributed by atoms with Gasteiger partial charge in [0.1, 0.15) is 17.2 Å². The summed E-state index contributed by atoms with van der Waals surface area (Å²) in [6, 6.07) is 17.9. The number of rotatable bonds is 5. The van der Waals surface area contributed by atoms with Gasteiger partial charge in [0.15, 0.2) is 0 Å². The van der Waals surface area contributed by atoms with Gasteiger partial charge in [-0.05, 0) is 49.2 Å². The van der Waals surface area contributed by atoms with Crippen LogP contribution in [0.25, 0.3) is 0 Å². The summed E-state index contributed by atoms with van der Waals surface area (Å²) < 4.78 is 27.8. The Bertz CT molecular complexity index is 1130. The summed E-state index contributed by atoms with van der Waals surface area (Å²) in [4.78, 5) is 28.9. The second-order valence-electron chi connectivity index (χ2n) is 7.80. The zero-order valence-corrected chi connectivity index (χ0v) is 17.6. The number of carbonyl (C=O) groups is 2. The molecular weight excluding hydrogens is 412 g/mol. The van der Waals surface area contributed by atoms with Crippen molar-refractivity contribution in [2.24, 2.45) is 0 Å². The van der Waals surface area contributed by atoms with Gasteiger partial charge in [-0.2, -0.15) is 0 Å². The largest absolute Gasteiger partial charge is 0.324 e. The molecule has 1 saturated heterocycles. The Morgan fingerprint density at radius 1 is 0.969 bits per heavy atom. The summed E-state index contributed by atoms with van der Waals surface area (Å²) >= 11 is 0. The molecule has 3 amide bonds. The number of aryl methyl sites for hydroxylation is 1. The van der Waals surface area contributed by atoms with Crippen molar-refractivity contribution in [2.45, 2.75) is 19.9 Å². The number of benzene rings is 3. The summed E-state index contributed by atoms with van der Waals surface area (Å²) in [5.74, 6) is -2.75. The van der Waals surface area contributed by atoms with Crippen LogP contribution in [0.3, 0.4) is 0 Å². The van der Waals surface area contributed by atoms with Crippen LogP contribution in [0, 0.1) is 18.6 Å². The number of hydrogen-bond acceptors (Lipinski definition) is 2. The second kappa shape index (κ2) is 9.18. The molecule has 5 nitrogen and oxygen atoms in total. The predicted octanol–water partition coefficient (Wildman–Crippen LogP) is 5.36. The Morgan fingerprint density at radius 2 is 1.66 bits per heavy atom. The Balaban J connectivity index is 1.50. The smallest absolute Gasteiger partial charge is 0.322 e. The van der Waals surface area contributed by atoms with E-state index in [1.807, 2.05) is 31.2 Å². The molecule has 7 heteroatoms. The van der Waals surface area contributed by atoms with Crippen molar-refractivity contribution < 1.29 is 18.4 Å². The first-order chi connectivity index (χ1) is 15.4. The maximum absolute atomic E-state index is 13.9. The van der Waals surface area contributed by atoms with E-state index >= 15 is 0 Å². The van der Waals surface area contributed by atoms with Crippen LogP contribution in [-0.4, -0.2) is 29.9 Å². The lowest BCUT2D eigenvalue weighted by molar-refractivity contribution is 0.101. The van der Waals surface area contributed by atoms with Crippen LogP contribution in [0.15, 0.2) is 66.7 Å². The minimum absolute atomic E-state index is 0.125. The molecule has 0 unspecified atom stereocenters. The van der Waals surface area contributed by atoms with Gasteiger partial charge in [-0.25, -0.2) is 13.6 Å². The highest BCUT2D eigenvalue weighted by Gasteiger charge is 2.27. The fraction of sp³-hybridized carbons (Fsp3) is 0.200. The zero-order chi connectivity index (χ0) is 22.7. The van der Waals surface area contributed by atoms with Crippen molar-refractivity contribution in [1.82, 2.24) is 4.90 Å². The maximum Gasteiger partial charge on any atom is 0.324 e. The predicted molar refractivity (Wildman–Crippen MR) is 120 cm³/mol. The molecule has 0 aromatic heterocycles. The highest BCUT2D eigenvalue weighted by molar-refractivity contribution is 6.05. The first kappa shape index (κ1) is 21.5. The number of nitrogens with zero attached hydrogens (tertiary/aromatic N) is 2. The second-order valence-corrected chi connectivity index (χ2v) is 7.80. The monoisotopic (exact) mass is 435 g/mol. The molecule has 32 heavy (non-hydrogen) atoms. The minimum Gasteiger partial charge on any atom is -0.322 e. The Morgan fingerprint density at radius 3 is 2.38 bits per heavy atom. The third-order valence-electron chi connectivity index (χ3n) is 5.41. The molecule has 3 aromatic rings. The van der Waals surface area contributed by atoms with Gasteiger partial charge in [-0.1, -0.05) is 42.0 Å². The number of anilines is 2. The number of halogens is 2. The summed E-state index contributed by atoms with van der Waals surface area (Å²) in [5, 5.41) is 2.52. The van der Waals surface area contributed by atoms with Crippen molar-refractivity contribution in [2.75, 3.05) is 23.3 Å². The average molecular weight is 435 g/mol. The van der Waals surface area contributed by atoms with Crippen molar-refractivity contribution in [1.29, 1.82) is 0 Å². The van der Waals surface area contributed by atoms with Crippen molar-refractivity contribution in [3.8, 4) is 0 Å².